The van der Waals surface area contributed by atoms with Gasteiger partial charge >= 0.3 is 0 Å². The maximum absolute atomic E-state index is 12.0. The van der Waals surface area contributed by atoms with Gasteiger partial charge in [-0.05, 0) is 23.8 Å². The molecule has 0 saturated heterocycles. The van der Waals surface area contributed by atoms with Crippen molar-refractivity contribution in [1.29, 1.82) is 0 Å². The van der Waals surface area contributed by atoms with Crippen LogP contribution in [-0.4, -0.2) is 40.1 Å². The van der Waals surface area contributed by atoms with Crippen LogP contribution in [0.3, 0.4) is 0 Å². The molecule has 3 rings (SSSR count). The lowest BCUT2D eigenvalue weighted by Gasteiger charge is -2.10. The van der Waals surface area contributed by atoms with Crippen LogP contribution in [0.1, 0.15) is 10.5 Å². The second-order valence-corrected chi connectivity index (χ2v) is 5.16. The number of nitrogens with zero attached hydrogens (tertiary/aromatic N) is 3. The highest BCUT2D eigenvalue weighted by molar-refractivity contribution is 5.92. The number of hydrogen-bond acceptors (Lipinski definition) is 3. The molecule has 1 amide bonds. The largest absolute Gasteiger partial charge is 0.343 e. The van der Waals surface area contributed by atoms with Crippen molar-refractivity contribution in [3.8, 4) is 22.5 Å². The Kier molecular flexibility index (Phi) is 3.70. The minimum Gasteiger partial charge on any atom is -0.343 e. The molecule has 0 bridgehead atoms. The Morgan fingerprint density at radius 2 is 1.73 bits per heavy atom. The molecular weight excluding hydrogens is 276 g/mol. The maximum atomic E-state index is 12.0. The fraction of sp³-hybridized carbons (Fsp3) is 0.118. The Balaban J connectivity index is 1.91. The lowest BCUT2D eigenvalue weighted by Crippen LogP contribution is -2.22. The van der Waals surface area contributed by atoms with Crippen LogP contribution < -0.4 is 0 Å². The molecule has 0 spiro atoms. The molecule has 0 atom stereocenters. The van der Waals surface area contributed by atoms with Crippen LogP contribution in [0.4, 0.5) is 0 Å². The summed E-state index contributed by atoms with van der Waals surface area (Å²) in [5, 5.41) is 6.88. The first-order valence-electron chi connectivity index (χ1n) is 6.94. The van der Waals surface area contributed by atoms with E-state index >= 15 is 0 Å². The first-order chi connectivity index (χ1) is 10.6. The summed E-state index contributed by atoms with van der Waals surface area (Å²) in [7, 11) is 3.44. The van der Waals surface area contributed by atoms with Crippen LogP contribution >= 0.6 is 0 Å². The fourth-order valence-electron chi connectivity index (χ4n) is 2.18. The Morgan fingerprint density at radius 1 is 1.00 bits per heavy atom. The van der Waals surface area contributed by atoms with Crippen molar-refractivity contribution in [2.24, 2.45) is 0 Å². The summed E-state index contributed by atoms with van der Waals surface area (Å²) in [5.41, 5.74) is 4.22. The van der Waals surface area contributed by atoms with Gasteiger partial charge in [-0.2, -0.15) is 5.10 Å². The monoisotopic (exact) mass is 292 g/mol. The quantitative estimate of drug-likeness (QED) is 0.807. The van der Waals surface area contributed by atoms with Gasteiger partial charge < -0.3 is 4.90 Å². The molecule has 0 aliphatic rings. The van der Waals surface area contributed by atoms with Crippen LogP contribution in [0.15, 0.2) is 54.7 Å². The predicted molar refractivity (Wildman–Crippen MR) is 85.3 cm³/mol. The second-order valence-electron chi connectivity index (χ2n) is 5.16. The highest BCUT2D eigenvalue weighted by atomic mass is 16.2. The topological polar surface area (TPSA) is 61.9 Å². The number of benzene rings is 1. The van der Waals surface area contributed by atoms with E-state index in [0.717, 1.165) is 22.5 Å². The first kappa shape index (κ1) is 14.0. The first-order valence-corrected chi connectivity index (χ1v) is 6.94. The Labute approximate surface area is 128 Å². The van der Waals surface area contributed by atoms with Crippen molar-refractivity contribution in [2.75, 3.05) is 14.1 Å². The van der Waals surface area contributed by atoms with Gasteiger partial charge in [0, 0.05) is 25.9 Å². The number of H-pyrrole nitrogens is 1. The Hall–Kier alpha value is -2.95. The molecule has 110 valence electrons. The van der Waals surface area contributed by atoms with Crippen molar-refractivity contribution in [3.63, 3.8) is 0 Å². The molecule has 22 heavy (non-hydrogen) atoms. The fourth-order valence-corrected chi connectivity index (χ4v) is 2.18. The summed E-state index contributed by atoms with van der Waals surface area (Å²) in [6.07, 6.45) is 1.72. The molecule has 5 heteroatoms. The normalized spacial score (nSPS) is 10.5. The zero-order valence-electron chi connectivity index (χ0n) is 12.4. The van der Waals surface area contributed by atoms with Crippen molar-refractivity contribution >= 4 is 5.91 Å². The third-order valence-electron chi connectivity index (χ3n) is 3.37. The number of hydrogen-bond donors (Lipinski definition) is 1. The molecule has 1 aromatic carbocycles. The molecule has 0 radical (unpaired) electrons. The lowest BCUT2D eigenvalue weighted by molar-refractivity contribution is 0.0822. The molecule has 2 aromatic heterocycles. The van der Waals surface area contributed by atoms with E-state index in [-0.39, 0.29) is 5.91 Å². The third-order valence-corrected chi connectivity index (χ3v) is 3.37. The number of nitrogens with one attached hydrogen (secondary N) is 1. The van der Waals surface area contributed by atoms with E-state index in [4.69, 9.17) is 0 Å². The smallest absolute Gasteiger partial charge is 0.271 e. The molecule has 5 nitrogen and oxygen atoms in total. The SMILES string of the molecule is CN(C)C(=O)c1cccc(-c2ccc(-c3ccn[nH]3)cc2)n1. The molecule has 0 fully saturated rings. The summed E-state index contributed by atoms with van der Waals surface area (Å²) >= 11 is 0. The average Bonchev–Trinajstić information content (AvgIpc) is 3.09. The second kappa shape index (κ2) is 5.81. The van der Waals surface area contributed by atoms with E-state index in [1.807, 2.05) is 42.5 Å². The number of aromatic amines is 1. The van der Waals surface area contributed by atoms with E-state index in [1.54, 1.807) is 26.4 Å². The van der Waals surface area contributed by atoms with E-state index in [9.17, 15) is 4.79 Å². The molecular formula is C17H16N4O. The zero-order valence-corrected chi connectivity index (χ0v) is 12.4. The van der Waals surface area contributed by atoms with E-state index in [1.165, 1.54) is 4.90 Å². The van der Waals surface area contributed by atoms with Gasteiger partial charge in [-0.25, -0.2) is 4.98 Å². The number of carbonyl (C=O) groups is 1. The van der Waals surface area contributed by atoms with Crippen molar-refractivity contribution in [1.82, 2.24) is 20.1 Å². The van der Waals surface area contributed by atoms with Gasteiger partial charge in [0.2, 0.25) is 0 Å². The summed E-state index contributed by atoms with van der Waals surface area (Å²) in [4.78, 5) is 18.0. The lowest BCUT2D eigenvalue weighted by atomic mass is 10.1. The molecule has 0 unspecified atom stereocenters. The zero-order chi connectivity index (χ0) is 15.5. The molecule has 0 aliphatic heterocycles. The van der Waals surface area contributed by atoms with Crippen molar-refractivity contribution < 1.29 is 4.79 Å². The van der Waals surface area contributed by atoms with Crippen LogP contribution in [0.2, 0.25) is 0 Å². The maximum Gasteiger partial charge on any atom is 0.271 e. The van der Waals surface area contributed by atoms with Gasteiger partial charge in [-0.15, -0.1) is 0 Å². The van der Waals surface area contributed by atoms with Gasteiger partial charge in [0.15, 0.2) is 0 Å². The minimum atomic E-state index is -0.101. The molecule has 0 aliphatic carbocycles. The van der Waals surface area contributed by atoms with Gasteiger partial charge in [0.05, 0.1) is 11.4 Å². The van der Waals surface area contributed by atoms with Crippen molar-refractivity contribution in [2.45, 2.75) is 0 Å². The van der Waals surface area contributed by atoms with Crippen LogP contribution in [0.5, 0.6) is 0 Å². The number of carbonyl (C=O) groups excluding carboxylic acids is 1. The molecule has 3 aromatic rings. The summed E-state index contributed by atoms with van der Waals surface area (Å²) in [6.45, 7) is 0. The highest BCUT2D eigenvalue weighted by Gasteiger charge is 2.10. The van der Waals surface area contributed by atoms with Crippen molar-refractivity contribution in [3.05, 3.63) is 60.4 Å². The predicted octanol–water partition coefficient (Wildman–Crippen LogP) is 2.84. The van der Waals surface area contributed by atoms with E-state index < -0.39 is 0 Å². The van der Waals surface area contributed by atoms with Crippen LogP contribution in [0, 0.1) is 0 Å². The van der Waals surface area contributed by atoms with Gasteiger partial charge in [0.1, 0.15) is 5.69 Å². The Bertz CT molecular complexity index is 777. The van der Waals surface area contributed by atoms with Crippen LogP contribution in [0.25, 0.3) is 22.5 Å². The number of amides is 1. The van der Waals surface area contributed by atoms with Gasteiger partial charge in [-0.1, -0.05) is 30.3 Å². The van der Waals surface area contributed by atoms with Crippen LogP contribution in [-0.2, 0) is 0 Å². The van der Waals surface area contributed by atoms with Gasteiger partial charge in [-0.3, -0.25) is 9.89 Å². The number of pyridine rings is 1. The summed E-state index contributed by atoms with van der Waals surface area (Å²) < 4.78 is 0. The highest BCUT2D eigenvalue weighted by Crippen LogP contribution is 2.22. The number of aromatic nitrogens is 3. The Morgan fingerprint density at radius 3 is 2.36 bits per heavy atom. The molecule has 1 N–H and O–H groups in total. The third kappa shape index (κ3) is 2.74. The average molecular weight is 292 g/mol. The van der Waals surface area contributed by atoms with Gasteiger partial charge in [0.25, 0.3) is 5.91 Å². The van der Waals surface area contributed by atoms with E-state index in [2.05, 4.69) is 15.2 Å². The standard InChI is InChI=1S/C17H16N4O/c1-21(2)17(22)16-5-3-4-14(19-16)12-6-8-13(9-7-12)15-10-11-18-20-15/h3-11H,1-2H3,(H,18,20). The minimum absolute atomic E-state index is 0.101. The summed E-state index contributed by atoms with van der Waals surface area (Å²) in [6, 6.07) is 15.4. The number of rotatable bonds is 3. The molecule has 2 heterocycles. The molecule has 0 saturated carbocycles. The van der Waals surface area contributed by atoms with E-state index in [0.29, 0.717) is 5.69 Å². The summed E-state index contributed by atoms with van der Waals surface area (Å²) in [5.74, 6) is -0.101.